The molecule has 0 saturated heterocycles. The summed E-state index contributed by atoms with van der Waals surface area (Å²) in [5.41, 5.74) is 3.88. The van der Waals surface area contributed by atoms with Crippen LogP contribution in [0.2, 0.25) is 0 Å². The van der Waals surface area contributed by atoms with Crippen molar-refractivity contribution in [3.8, 4) is 60.0 Å². The lowest BCUT2D eigenvalue weighted by molar-refractivity contribution is 0.506. The zero-order valence-corrected chi connectivity index (χ0v) is 35.6. The molecule has 0 N–H and O–H groups in total. The lowest BCUT2D eigenvalue weighted by atomic mass is 9.86. The average molecular weight is 841 g/mol. The number of benzene rings is 6. The number of para-hydroxylation sites is 3. The van der Waals surface area contributed by atoms with E-state index in [0.717, 1.165) is 29.5 Å². The van der Waals surface area contributed by atoms with E-state index in [-0.39, 0.29) is 5.92 Å². The van der Waals surface area contributed by atoms with E-state index in [2.05, 4.69) is 46.9 Å². The summed E-state index contributed by atoms with van der Waals surface area (Å²) in [4.78, 5) is 14.0. The molecule has 318 valence electrons. The van der Waals surface area contributed by atoms with Crippen LogP contribution in [0.3, 0.4) is 0 Å². The zero-order valence-electron chi connectivity index (χ0n) is 35.6. The van der Waals surface area contributed by atoms with Crippen LogP contribution in [0.5, 0.6) is 28.7 Å². The number of hydrogen-bond acceptors (Lipinski definition) is 12. The van der Waals surface area contributed by atoms with Gasteiger partial charge < -0.3 is 23.7 Å². The van der Waals surface area contributed by atoms with Gasteiger partial charge in [-0.15, -0.1) is 26.3 Å². The third-order valence-electron chi connectivity index (χ3n) is 7.40. The van der Waals surface area contributed by atoms with Gasteiger partial charge in [-0.1, -0.05) is 132 Å². The summed E-state index contributed by atoms with van der Waals surface area (Å²) in [5, 5.41) is 41.4. The lowest BCUT2D eigenvalue weighted by Gasteiger charge is -2.18. The van der Waals surface area contributed by atoms with Crippen molar-refractivity contribution >= 4 is 11.8 Å². The highest BCUT2D eigenvalue weighted by Gasteiger charge is 2.15. The standard InChI is InChI=1S/C24H17N3O3.3C7H5NO.2C3H8/c25-15-29-23-9-3-19(4-10-23)14-21(20-5-11-24(12-6-20)30-16-26)13-18-1-7-22(8-2-18)27-17-28;3*8-6-9-7-4-2-1-3-5-7;2*1-3-2/h1-12,21H,13-14H2;3*1-5H;2*3H2,1-2H3. The van der Waals surface area contributed by atoms with Gasteiger partial charge in [-0.05, 0) is 108 Å². The molecule has 0 aromatic heterocycles. The molecular weight excluding hydrogens is 793 g/mol. The zero-order chi connectivity index (χ0) is 46.2. The van der Waals surface area contributed by atoms with Crippen LogP contribution in [0.1, 0.15) is 63.1 Å². The van der Waals surface area contributed by atoms with Gasteiger partial charge in [0.05, 0.1) is 5.69 Å². The SMILES string of the molecule is CCC.CCC.N#COc1ccc(CC(Cc2ccc(N=C=O)cc2)c2ccc(OC#N)cc2)cc1.N#COc1ccccc1.N#COc1ccccc1.N#COc1ccccc1. The molecular formula is C51H48N6O6. The van der Waals surface area contributed by atoms with Gasteiger partial charge >= 0.3 is 0 Å². The van der Waals surface area contributed by atoms with E-state index in [1.165, 1.54) is 12.8 Å². The predicted octanol–water partition coefficient (Wildman–Crippen LogP) is 12.4. The van der Waals surface area contributed by atoms with Crippen LogP contribution < -0.4 is 23.7 Å². The van der Waals surface area contributed by atoms with E-state index >= 15 is 0 Å². The molecule has 0 bridgehead atoms. The van der Waals surface area contributed by atoms with Gasteiger partial charge in [0.25, 0.3) is 31.3 Å². The molecule has 1 unspecified atom stereocenters. The van der Waals surface area contributed by atoms with Gasteiger partial charge in [-0.2, -0.15) is 4.99 Å². The molecule has 6 aromatic carbocycles. The largest absolute Gasteiger partial charge is 0.388 e. The maximum atomic E-state index is 10.4. The second kappa shape index (κ2) is 35.1. The third kappa shape index (κ3) is 24.6. The van der Waals surface area contributed by atoms with E-state index in [4.69, 9.17) is 35.8 Å². The molecule has 12 heteroatoms. The first-order chi connectivity index (χ1) is 30.8. The van der Waals surface area contributed by atoms with Gasteiger partial charge in [0.15, 0.2) is 0 Å². The molecule has 12 nitrogen and oxygen atoms in total. The van der Waals surface area contributed by atoms with Gasteiger partial charge in [-0.25, -0.2) is 4.79 Å². The number of nitrogens with zero attached hydrogens (tertiary/aromatic N) is 6. The lowest BCUT2D eigenvalue weighted by Crippen LogP contribution is -2.07. The molecule has 0 spiro atoms. The summed E-state index contributed by atoms with van der Waals surface area (Å²) in [7, 11) is 0. The van der Waals surface area contributed by atoms with E-state index in [0.29, 0.717) is 34.4 Å². The summed E-state index contributed by atoms with van der Waals surface area (Å²) in [6, 6.07) is 49.2. The summed E-state index contributed by atoms with van der Waals surface area (Å²) in [6.45, 7) is 8.50. The maximum Gasteiger partial charge on any atom is 0.292 e. The molecule has 0 saturated carbocycles. The first-order valence-corrected chi connectivity index (χ1v) is 19.6. The van der Waals surface area contributed by atoms with Crippen LogP contribution in [0.4, 0.5) is 5.69 Å². The number of hydrogen-bond donors (Lipinski definition) is 0. The molecule has 1 atom stereocenters. The number of rotatable bonds is 11. The second-order valence-electron chi connectivity index (χ2n) is 12.5. The van der Waals surface area contributed by atoms with Crippen molar-refractivity contribution < 1.29 is 28.5 Å². The number of isocyanates is 1. The quantitative estimate of drug-likeness (QED) is 0.0684. The molecule has 0 amide bonds. The third-order valence-corrected chi connectivity index (χ3v) is 7.40. The van der Waals surface area contributed by atoms with E-state index in [9.17, 15) is 4.79 Å². The topological polar surface area (TPSA) is 195 Å². The maximum absolute atomic E-state index is 10.4. The molecule has 0 heterocycles. The molecule has 6 rings (SSSR count). The van der Waals surface area contributed by atoms with Crippen LogP contribution in [0.25, 0.3) is 0 Å². The van der Waals surface area contributed by atoms with Gasteiger partial charge in [-0.3, -0.25) is 0 Å². The van der Waals surface area contributed by atoms with Gasteiger partial charge in [0, 0.05) is 0 Å². The summed E-state index contributed by atoms with van der Waals surface area (Å²) in [6.07, 6.45) is 13.7. The minimum absolute atomic E-state index is 0.157. The first-order valence-electron chi connectivity index (χ1n) is 19.6. The highest BCUT2D eigenvalue weighted by atomic mass is 16.5. The molecule has 6 aromatic rings. The van der Waals surface area contributed by atoms with Crippen molar-refractivity contribution in [3.63, 3.8) is 0 Å². The highest BCUT2D eigenvalue weighted by Crippen LogP contribution is 2.28. The fourth-order valence-corrected chi connectivity index (χ4v) is 4.87. The first kappa shape index (κ1) is 52.2. The Morgan fingerprint density at radius 2 is 0.683 bits per heavy atom. The number of aliphatic imine (C=N–C) groups is 1. The van der Waals surface area contributed by atoms with Crippen LogP contribution in [-0.2, 0) is 17.6 Å². The average Bonchev–Trinajstić information content (AvgIpc) is 3.31. The Kier molecular flexibility index (Phi) is 29.1. The number of ether oxygens (including phenoxy) is 5. The Labute approximate surface area is 370 Å². The van der Waals surface area contributed by atoms with E-state index in [1.54, 1.807) is 110 Å². The summed E-state index contributed by atoms with van der Waals surface area (Å²) in [5.74, 6) is 2.90. The van der Waals surface area contributed by atoms with Gasteiger partial charge in [0.1, 0.15) is 28.7 Å². The molecule has 0 fully saturated rings. The van der Waals surface area contributed by atoms with Crippen LogP contribution in [-0.4, -0.2) is 6.08 Å². The van der Waals surface area contributed by atoms with Crippen molar-refractivity contribution in [2.75, 3.05) is 0 Å². The van der Waals surface area contributed by atoms with Crippen LogP contribution in [0, 0.1) is 57.6 Å². The van der Waals surface area contributed by atoms with Crippen molar-refractivity contribution in [2.24, 2.45) is 4.99 Å². The van der Waals surface area contributed by atoms with E-state index in [1.807, 2.05) is 91.0 Å². The molecule has 0 aliphatic rings. The molecule has 63 heavy (non-hydrogen) atoms. The van der Waals surface area contributed by atoms with Crippen LogP contribution in [0.15, 0.2) is 169 Å². The Hall–Kier alpha value is -8.85. The van der Waals surface area contributed by atoms with Crippen molar-refractivity contribution in [3.05, 3.63) is 180 Å². The molecule has 0 aliphatic carbocycles. The fourth-order valence-electron chi connectivity index (χ4n) is 4.87. The Morgan fingerprint density at radius 1 is 0.413 bits per heavy atom. The minimum atomic E-state index is 0.157. The fraction of sp³-hybridized carbons (Fsp3) is 0.176. The van der Waals surface area contributed by atoms with Crippen molar-refractivity contribution in [1.82, 2.24) is 0 Å². The predicted molar refractivity (Wildman–Crippen MR) is 240 cm³/mol. The number of carbonyl (C=O) groups excluding carboxylic acids is 1. The Bertz CT molecular complexity index is 2230. The second-order valence-corrected chi connectivity index (χ2v) is 12.5. The Balaban J connectivity index is 0.000000484. The Morgan fingerprint density at radius 3 is 0.968 bits per heavy atom. The van der Waals surface area contributed by atoms with Crippen molar-refractivity contribution in [2.45, 2.75) is 59.3 Å². The normalized spacial score (nSPS) is 9.06. The van der Waals surface area contributed by atoms with Crippen molar-refractivity contribution in [1.29, 1.82) is 26.3 Å². The van der Waals surface area contributed by atoms with E-state index < -0.39 is 0 Å². The monoisotopic (exact) mass is 840 g/mol. The highest BCUT2D eigenvalue weighted by molar-refractivity contribution is 5.49. The smallest absolute Gasteiger partial charge is 0.292 e. The number of nitriles is 5. The molecule has 0 radical (unpaired) electrons. The van der Waals surface area contributed by atoms with Gasteiger partial charge in [0.2, 0.25) is 6.08 Å². The van der Waals surface area contributed by atoms with Crippen LogP contribution >= 0.6 is 0 Å². The summed E-state index contributed by atoms with van der Waals surface area (Å²) >= 11 is 0. The summed E-state index contributed by atoms with van der Waals surface area (Å²) < 4.78 is 23.2. The molecule has 0 aliphatic heterocycles. The minimum Gasteiger partial charge on any atom is -0.388 e.